The minimum absolute atomic E-state index is 0.0534. The fraction of sp³-hybridized carbons (Fsp3) is 0.500. The predicted molar refractivity (Wildman–Crippen MR) is 135 cm³/mol. The first-order valence-electron chi connectivity index (χ1n) is 13.0. The van der Waals surface area contributed by atoms with Gasteiger partial charge in [-0.25, -0.2) is 15.9 Å². The first-order chi connectivity index (χ1) is 18.3. The van der Waals surface area contributed by atoms with Crippen LogP contribution >= 0.6 is 0 Å². The van der Waals surface area contributed by atoms with E-state index in [9.17, 15) is 23.6 Å². The number of aromatic nitrogens is 2. The molecule has 200 valence electrons. The van der Waals surface area contributed by atoms with Crippen LogP contribution in [-0.4, -0.2) is 63.1 Å². The van der Waals surface area contributed by atoms with E-state index in [2.05, 4.69) is 9.83 Å². The van der Waals surface area contributed by atoms with Crippen molar-refractivity contribution in [2.24, 2.45) is 11.8 Å². The van der Waals surface area contributed by atoms with Gasteiger partial charge in [0.2, 0.25) is 11.9 Å². The molecule has 1 aromatic carbocycles. The highest BCUT2D eigenvalue weighted by Crippen LogP contribution is 2.41. The average molecular weight is 523 g/mol. The number of ketones is 2. The van der Waals surface area contributed by atoms with E-state index < -0.39 is 29.8 Å². The molecule has 1 saturated heterocycles. The lowest BCUT2D eigenvalue weighted by Crippen LogP contribution is -2.45. The van der Waals surface area contributed by atoms with Crippen LogP contribution in [0.25, 0.3) is 10.5 Å². The van der Waals surface area contributed by atoms with Crippen LogP contribution in [0, 0.1) is 24.2 Å². The molecule has 4 rings (SSSR count). The van der Waals surface area contributed by atoms with Crippen molar-refractivity contribution < 1.29 is 28.3 Å². The van der Waals surface area contributed by atoms with Crippen molar-refractivity contribution in [1.29, 1.82) is 0 Å². The topological polar surface area (TPSA) is 103 Å². The number of carbonyl (C=O) groups excluding carboxylic acids is 4. The van der Waals surface area contributed by atoms with Crippen LogP contribution in [0.2, 0.25) is 0 Å². The number of likely N-dealkylation sites (tertiary alicyclic amines) is 1. The number of nitrogens with zero attached hydrogens (tertiary/aromatic N) is 4. The van der Waals surface area contributed by atoms with Crippen molar-refractivity contribution >= 4 is 23.4 Å². The van der Waals surface area contributed by atoms with Crippen LogP contribution in [0.4, 0.5) is 4.39 Å². The number of benzene rings is 1. The molecule has 1 saturated carbocycles. The Balaban J connectivity index is 1.42. The van der Waals surface area contributed by atoms with Crippen molar-refractivity contribution in [3.05, 3.63) is 59.7 Å². The van der Waals surface area contributed by atoms with Gasteiger partial charge in [-0.2, -0.15) is 0 Å². The second-order valence-electron chi connectivity index (χ2n) is 9.86. The van der Waals surface area contributed by atoms with Crippen LogP contribution in [0.5, 0.6) is 0 Å². The Morgan fingerprint density at radius 3 is 2.61 bits per heavy atom. The lowest BCUT2D eigenvalue weighted by molar-refractivity contribution is -0.144. The number of carbonyl (C=O) groups is 4. The van der Waals surface area contributed by atoms with Crippen LogP contribution in [0.3, 0.4) is 0 Å². The van der Waals surface area contributed by atoms with Gasteiger partial charge in [0.05, 0.1) is 31.1 Å². The normalized spacial score (nSPS) is 18.4. The maximum absolute atomic E-state index is 14.7. The Morgan fingerprint density at radius 2 is 1.97 bits per heavy atom. The summed E-state index contributed by atoms with van der Waals surface area (Å²) in [6, 6.07) is 2.74. The molecule has 1 aliphatic heterocycles. The molecule has 2 aromatic rings. The number of esters is 1. The van der Waals surface area contributed by atoms with Gasteiger partial charge in [-0.1, -0.05) is 0 Å². The monoisotopic (exact) mass is 522 g/mol. The fourth-order valence-corrected chi connectivity index (χ4v) is 5.09. The number of hydrogen-bond acceptors (Lipinski definition) is 6. The molecule has 3 atom stereocenters. The highest BCUT2D eigenvalue weighted by molar-refractivity contribution is 5.99. The first-order valence-corrected chi connectivity index (χ1v) is 13.0. The first kappa shape index (κ1) is 27.2. The Hall–Kier alpha value is -3.87. The number of halogens is 1. The van der Waals surface area contributed by atoms with E-state index in [0.717, 1.165) is 12.8 Å². The van der Waals surface area contributed by atoms with E-state index in [1.54, 1.807) is 24.1 Å². The van der Waals surface area contributed by atoms with E-state index >= 15 is 0 Å². The summed E-state index contributed by atoms with van der Waals surface area (Å²) >= 11 is 0. The average Bonchev–Trinajstić information content (AvgIpc) is 3.37. The van der Waals surface area contributed by atoms with Crippen molar-refractivity contribution in [3.63, 3.8) is 0 Å². The van der Waals surface area contributed by atoms with Gasteiger partial charge in [-0.15, -0.1) is 0 Å². The fourth-order valence-electron chi connectivity index (χ4n) is 5.09. The summed E-state index contributed by atoms with van der Waals surface area (Å²) < 4.78 is 21.1. The highest BCUT2D eigenvalue weighted by Gasteiger charge is 2.44. The van der Waals surface area contributed by atoms with Gasteiger partial charge >= 0.3 is 5.97 Å². The van der Waals surface area contributed by atoms with Gasteiger partial charge in [0, 0.05) is 36.8 Å². The summed E-state index contributed by atoms with van der Waals surface area (Å²) in [7, 11) is 0. The zero-order valence-corrected chi connectivity index (χ0v) is 21.3. The van der Waals surface area contributed by atoms with Crippen molar-refractivity contribution in [1.82, 2.24) is 14.5 Å². The molecule has 1 aliphatic carbocycles. The summed E-state index contributed by atoms with van der Waals surface area (Å²) in [4.78, 5) is 60.4. The van der Waals surface area contributed by atoms with Gasteiger partial charge in [-0.3, -0.25) is 19.2 Å². The maximum Gasteiger partial charge on any atom is 0.313 e. The number of Topliss-reactive ketones (excluding diaryl/α,β-unsaturated/α-hetero) is 2. The second kappa shape index (κ2) is 12.1. The third-order valence-electron chi connectivity index (χ3n) is 7.20. The summed E-state index contributed by atoms with van der Waals surface area (Å²) in [5.74, 6) is -2.43. The van der Waals surface area contributed by atoms with Gasteiger partial charge in [-0.05, 0) is 56.7 Å². The van der Waals surface area contributed by atoms with Gasteiger partial charge in [0.1, 0.15) is 12.2 Å². The summed E-state index contributed by atoms with van der Waals surface area (Å²) in [5.41, 5.74) is 0.464. The molecule has 0 spiro atoms. The van der Waals surface area contributed by atoms with Gasteiger partial charge in [0.15, 0.2) is 11.6 Å². The van der Waals surface area contributed by atoms with E-state index in [0.29, 0.717) is 19.4 Å². The van der Waals surface area contributed by atoms with Gasteiger partial charge in [0.25, 0.3) is 0 Å². The van der Waals surface area contributed by atoms with Crippen molar-refractivity contribution in [2.45, 2.75) is 64.0 Å². The van der Waals surface area contributed by atoms with Crippen LogP contribution in [0.15, 0.2) is 36.9 Å². The molecular formula is C28H31FN4O5. The zero-order chi connectivity index (χ0) is 27.2. The lowest BCUT2D eigenvalue weighted by atomic mass is 9.91. The van der Waals surface area contributed by atoms with Crippen LogP contribution in [-0.2, 0) is 19.1 Å². The standard InChI is InChI=1S/C28H31FN4O5/c1-3-38-27(36)15-20(30-2)14-26(35)24-5-4-11-33(24)28(37)21(18-6-7-18)16-25(34)19-8-9-23(22(29)13-19)32-12-10-31-17-32/h8-10,12-13,17-18,20-21,24H,3-7,11,14-16H2,1H3. The SMILES string of the molecule is [C-]#[N+]C(CC(=O)OCC)CC(=O)C1CCCN1C(=O)C(CC(=O)c1ccc(-n2ccnc2)c(F)c1)C1CC1. The molecule has 3 unspecified atom stereocenters. The van der Waals surface area contributed by atoms with Crippen molar-refractivity contribution in [3.8, 4) is 5.69 Å². The molecule has 2 heterocycles. The third kappa shape index (κ3) is 6.33. The molecule has 10 heteroatoms. The third-order valence-corrected chi connectivity index (χ3v) is 7.20. The Kier molecular flexibility index (Phi) is 8.66. The van der Waals surface area contributed by atoms with E-state index in [1.165, 1.54) is 29.2 Å². The Morgan fingerprint density at radius 1 is 1.18 bits per heavy atom. The molecule has 2 aliphatic rings. The lowest BCUT2D eigenvalue weighted by Gasteiger charge is -2.28. The highest BCUT2D eigenvalue weighted by atomic mass is 19.1. The van der Waals surface area contributed by atoms with Crippen molar-refractivity contribution in [2.75, 3.05) is 13.2 Å². The van der Waals surface area contributed by atoms with E-state index in [4.69, 9.17) is 11.3 Å². The van der Waals surface area contributed by atoms with Crippen LogP contribution < -0.4 is 0 Å². The largest absolute Gasteiger partial charge is 0.466 e. The van der Waals surface area contributed by atoms with Gasteiger partial charge < -0.3 is 19.0 Å². The van der Waals surface area contributed by atoms with Crippen LogP contribution in [0.1, 0.15) is 62.2 Å². The minimum atomic E-state index is -0.833. The molecule has 9 nitrogen and oxygen atoms in total. The van der Waals surface area contributed by atoms with E-state index in [-0.39, 0.29) is 60.5 Å². The van der Waals surface area contributed by atoms with E-state index in [1.807, 2.05) is 0 Å². The molecular weight excluding hydrogens is 491 g/mol. The number of rotatable bonds is 12. The minimum Gasteiger partial charge on any atom is -0.466 e. The molecule has 0 radical (unpaired) electrons. The Bertz CT molecular complexity index is 1230. The zero-order valence-electron chi connectivity index (χ0n) is 21.3. The Labute approximate surface area is 220 Å². The maximum atomic E-state index is 14.7. The molecule has 2 fully saturated rings. The molecule has 0 N–H and O–H groups in total. The summed E-state index contributed by atoms with van der Waals surface area (Å²) in [6.07, 6.45) is 7.02. The molecule has 1 aromatic heterocycles. The second-order valence-corrected chi connectivity index (χ2v) is 9.86. The number of amides is 1. The number of ether oxygens (including phenoxy) is 1. The summed E-state index contributed by atoms with van der Waals surface area (Å²) in [5, 5.41) is 0. The summed E-state index contributed by atoms with van der Waals surface area (Å²) in [6.45, 7) is 9.64. The number of hydrogen-bond donors (Lipinski definition) is 0. The molecule has 0 bridgehead atoms. The number of imidazole rings is 1. The predicted octanol–water partition coefficient (Wildman–Crippen LogP) is 3.80. The molecule has 1 amide bonds. The quantitative estimate of drug-likeness (QED) is 0.239. The smallest absolute Gasteiger partial charge is 0.313 e. The molecule has 38 heavy (non-hydrogen) atoms.